The molecular formula is C10H17FN4. The fraction of sp³-hybridized carbons (Fsp3) is 0.600. The van der Waals surface area contributed by atoms with Gasteiger partial charge < -0.3 is 10.6 Å². The van der Waals surface area contributed by atoms with E-state index >= 15 is 0 Å². The smallest absolute Gasteiger partial charge is 0.186 e. The third-order valence-electron chi connectivity index (χ3n) is 1.98. The van der Waals surface area contributed by atoms with Crippen molar-refractivity contribution in [3.63, 3.8) is 0 Å². The quantitative estimate of drug-likeness (QED) is 0.699. The molecule has 0 amide bonds. The predicted octanol–water partition coefficient (Wildman–Crippen LogP) is 1.34. The number of halogens is 1. The number of rotatable bonds is 6. The van der Waals surface area contributed by atoms with Crippen LogP contribution < -0.4 is 10.6 Å². The summed E-state index contributed by atoms with van der Waals surface area (Å²) in [4.78, 5) is 7.59. The molecule has 0 aliphatic carbocycles. The first-order valence-electron chi connectivity index (χ1n) is 5.17. The molecule has 1 aromatic rings. The second kappa shape index (κ2) is 6.29. The Morgan fingerprint density at radius 3 is 2.80 bits per heavy atom. The first-order chi connectivity index (χ1) is 7.25. The number of hydrogen-bond donors (Lipinski definition) is 2. The monoisotopic (exact) mass is 212 g/mol. The zero-order chi connectivity index (χ0) is 11.1. The fourth-order valence-electron chi connectivity index (χ4n) is 1.15. The highest BCUT2D eigenvalue weighted by Gasteiger charge is 2.05. The molecule has 5 heteroatoms. The van der Waals surface area contributed by atoms with Gasteiger partial charge in [-0.2, -0.15) is 0 Å². The molecule has 0 fully saturated rings. The van der Waals surface area contributed by atoms with Gasteiger partial charge in [0.15, 0.2) is 11.6 Å². The van der Waals surface area contributed by atoms with E-state index in [9.17, 15) is 4.39 Å². The van der Waals surface area contributed by atoms with Gasteiger partial charge >= 0.3 is 0 Å². The van der Waals surface area contributed by atoms with Crippen molar-refractivity contribution in [2.45, 2.75) is 20.3 Å². The van der Waals surface area contributed by atoms with E-state index in [0.717, 1.165) is 19.5 Å². The minimum absolute atomic E-state index is 0.279. The fourth-order valence-corrected chi connectivity index (χ4v) is 1.15. The molecule has 0 aromatic carbocycles. The van der Waals surface area contributed by atoms with Gasteiger partial charge in [-0.15, -0.1) is 0 Å². The summed E-state index contributed by atoms with van der Waals surface area (Å²) in [6.07, 6.45) is 2.46. The van der Waals surface area contributed by atoms with E-state index in [0.29, 0.717) is 12.2 Å². The maximum atomic E-state index is 13.4. The molecule has 15 heavy (non-hydrogen) atoms. The van der Waals surface area contributed by atoms with Gasteiger partial charge in [0.2, 0.25) is 0 Å². The number of aromatic nitrogens is 2. The van der Waals surface area contributed by atoms with Crippen molar-refractivity contribution in [1.29, 1.82) is 0 Å². The van der Waals surface area contributed by atoms with E-state index in [4.69, 9.17) is 0 Å². The molecule has 0 aliphatic heterocycles. The molecule has 0 atom stereocenters. The van der Waals surface area contributed by atoms with E-state index in [1.807, 2.05) is 0 Å². The second-order valence-electron chi connectivity index (χ2n) is 3.30. The molecule has 84 valence electrons. The van der Waals surface area contributed by atoms with Crippen molar-refractivity contribution < 1.29 is 4.39 Å². The average Bonchev–Trinajstić information content (AvgIpc) is 2.24. The number of anilines is 1. The van der Waals surface area contributed by atoms with E-state index < -0.39 is 0 Å². The molecule has 0 spiro atoms. The average molecular weight is 212 g/mol. The molecule has 1 rings (SSSR count). The number of aryl methyl sites for hydroxylation is 1. The third-order valence-corrected chi connectivity index (χ3v) is 1.98. The normalized spacial score (nSPS) is 10.3. The minimum Gasteiger partial charge on any atom is -0.366 e. The highest BCUT2D eigenvalue weighted by Crippen LogP contribution is 2.10. The lowest BCUT2D eigenvalue weighted by Gasteiger charge is -2.07. The Morgan fingerprint density at radius 2 is 2.07 bits per heavy atom. The van der Waals surface area contributed by atoms with Crippen LogP contribution in [0.25, 0.3) is 0 Å². The third kappa shape index (κ3) is 3.79. The Morgan fingerprint density at radius 1 is 1.27 bits per heavy atom. The second-order valence-corrected chi connectivity index (χ2v) is 3.30. The summed E-state index contributed by atoms with van der Waals surface area (Å²) < 4.78 is 13.4. The lowest BCUT2D eigenvalue weighted by Crippen LogP contribution is -2.23. The van der Waals surface area contributed by atoms with Crippen LogP contribution in [-0.2, 0) is 0 Å². The van der Waals surface area contributed by atoms with Crippen LogP contribution >= 0.6 is 0 Å². The summed E-state index contributed by atoms with van der Waals surface area (Å²) in [6, 6.07) is 0. The molecule has 0 radical (unpaired) electrons. The summed E-state index contributed by atoms with van der Waals surface area (Å²) in [5.74, 6) is -0.0891. The van der Waals surface area contributed by atoms with Crippen LogP contribution in [0.4, 0.5) is 10.2 Å². The van der Waals surface area contributed by atoms with Crippen molar-refractivity contribution in [3.8, 4) is 0 Å². The Labute approximate surface area is 89.3 Å². The summed E-state index contributed by atoms with van der Waals surface area (Å²) in [7, 11) is 0. The van der Waals surface area contributed by atoms with E-state index in [1.165, 1.54) is 6.33 Å². The molecule has 1 aromatic heterocycles. The van der Waals surface area contributed by atoms with E-state index in [1.54, 1.807) is 6.92 Å². The number of nitrogens with zero attached hydrogens (tertiary/aromatic N) is 2. The van der Waals surface area contributed by atoms with Crippen LogP contribution in [0.5, 0.6) is 0 Å². The molecule has 0 saturated heterocycles. The Balaban J connectivity index is 2.34. The largest absolute Gasteiger partial charge is 0.366 e. The first kappa shape index (κ1) is 11.8. The van der Waals surface area contributed by atoms with Crippen LogP contribution in [0.15, 0.2) is 6.33 Å². The SMILES string of the molecule is CCCNCCNc1ncnc(C)c1F. The van der Waals surface area contributed by atoms with Gasteiger partial charge in [-0.25, -0.2) is 14.4 Å². The van der Waals surface area contributed by atoms with Crippen LogP contribution in [-0.4, -0.2) is 29.6 Å². The van der Waals surface area contributed by atoms with Crippen molar-refractivity contribution >= 4 is 5.82 Å². The van der Waals surface area contributed by atoms with Crippen molar-refractivity contribution in [3.05, 3.63) is 17.8 Å². The lowest BCUT2D eigenvalue weighted by atomic mass is 10.4. The molecule has 0 bridgehead atoms. The van der Waals surface area contributed by atoms with E-state index in [2.05, 4.69) is 27.5 Å². The van der Waals surface area contributed by atoms with Crippen LogP contribution in [0.2, 0.25) is 0 Å². The Hall–Kier alpha value is -1.23. The van der Waals surface area contributed by atoms with Crippen LogP contribution in [0, 0.1) is 12.7 Å². The van der Waals surface area contributed by atoms with Crippen LogP contribution in [0.1, 0.15) is 19.0 Å². The van der Waals surface area contributed by atoms with Gasteiger partial charge in [-0.1, -0.05) is 6.92 Å². The molecule has 1 heterocycles. The number of nitrogens with one attached hydrogen (secondary N) is 2. The summed E-state index contributed by atoms with van der Waals surface area (Å²) >= 11 is 0. The van der Waals surface area contributed by atoms with E-state index in [-0.39, 0.29) is 11.6 Å². The highest BCUT2D eigenvalue weighted by molar-refractivity contribution is 5.36. The van der Waals surface area contributed by atoms with Gasteiger partial charge in [-0.05, 0) is 19.9 Å². The molecular weight excluding hydrogens is 195 g/mol. The molecule has 0 aliphatic rings. The van der Waals surface area contributed by atoms with Gasteiger partial charge in [0.25, 0.3) is 0 Å². The Bertz CT molecular complexity index is 303. The maximum absolute atomic E-state index is 13.4. The molecule has 2 N–H and O–H groups in total. The van der Waals surface area contributed by atoms with Gasteiger partial charge in [0, 0.05) is 13.1 Å². The molecule has 4 nitrogen and oxygen atoms in total. The molecule has 0 unspecified atom stereocenters. The highest BCUT2D eigenvalue weighted by atomic mass is 19.1. The summed E-state index contributed by atoms with van der Waals surface area (Å²) in [6.45, 7) is 6.17. The van der Waals surface area contributed by atoms with Crippen molar-refractivity contribution in [2.24, 2.45) is 0 Å². The standard InChI is InChI=1S/C10H17FN4/c1-3-4-12-5-6-13-10-9(11)8(2)14-7-15-10/h7,12H,3-6H2,1-2H3,(H,13,14,15). The summed E-state index contributed by atoms with van der Waals surface area (Å²) in [5.41, 5.74) is 0.369. The topological polar surface area (TPSA) is 49.8 Å². The first-order valence-corrected chi connectivity index (χ1v) is 5.17. The van der Waals surface area contributed by atoms with Gasteiger partial charge in [0.05, 0.1) is 5.69 Å². The number of hydrogen-bond acceptors (Lipinski definition) is 4. The van der Waals surface area contributed by atoms with Crippen LogP contribution in [0.3, 0.4) is 0 Å². The van der Waals surface area contributed by atoms with Gasteiger partial charge in [0.1, 0.15) is 6.33 Å². The maximum Gasteiger partial charge on any atom is 0.186 e. The zero-order valence-electron chi connectivity index (χ0n) is 9.18. The van der Waals surface area contributed by atoms with Crippen molar-refractivity contribution in [2.75, 3.05) is 25.0 Å². The lowest BCUT2D eigenvalue weighted by molar-refractivity contribution is 0.603. The predicted molar refractivity (Wildman–Crippen MR) is 58.4 cm³/mol. The Kier molecular flexibility index (Phi) is 4.97. The zero-order valence-corrected chi connectivity index (χ0v) is 9.18. The minimum atomic E-state index is -0.368. The van der Waals surface area contributed by atoms with Crippen molar-refractivity contribution in [1.82, 2.24) is 15.3 Å². The summed E-state index contributed by atoms with van der Waals surface area (Å²) in [5, 5.41) is 6.14. The van der Waals surface area contributed by atoms with Gasteiger partial charge in [-0.3, -0.25) is 0 Å². The molecule has 0 saturated carbocycles.